The highest BCUT2D eigenvalue weighted by Gasteiger charge is 2.39. The van der Waals surface area contributed by atoms with Crippen LogP contribution in [0.5, 0.6) is 0 Å². The van der Waals surface area contributed by atoms with Crippen LogP contribution in [0.25, 0.3) is 11.1 Å². The lowest BCUT2D eigenvalue weighted by atomic mass is 9.94. The second kappa shape index (κ2) is 14.0. The second-order valence-electron chi connectivity index (χ2n) is 15.6. The fraction of sp³-hybridized carbons (Fsp3) is 0.250. The molecule has 4 heteroatoms. The number of hydrogen-bond acceptors (Lipinski definition) is 2. The number of hydrogen-bond donors (Lipinski definition) is 0. The van der Waals surface area contributed by atoms with Crippen molar-refractivity contribution in [3.8, 4) is 11.1 Å². The monoisotopic (exact) mass is 722 g/mol. The normalized spacial score (nSPS) is 12.0. The lowest BCUT2D eigenvalue weighted by molar-refractivity contribution is 0.591. The zero-order valence-corrected chi connectivity index (χ0v) is 34.7. The predicted octanol–water partition coefficient (Wildman–Crippen LogP) is 10.3. The maximum Gasteiger partial charge on any atom is 0.171 e. The summed E-state index contributed by atoms with van der Waals surface area (Å²) in [6, 6.07) is 34.0. The first-order chi connectivity index (χ1) is 24.4. The molecule has 6 aromatic rings. The van der Waals surface area contributed by atoms with Crippen LogP contribution < -0.4 is 31.8 Å². The van der Waals surface area contributed by atoms with E-state index in [0.717, 1.165) is 110 Å². The topological polar surface area (TPSA) is 34.1 Å². The van der Waals surface area contributed by atoms with Gasteiger partial charge in [0.25, 0.3) is 0 Å². The number of aryl methyl sites for hydroxylation is 12. The molecule has 0 aromatic heterocycles. The highest BCUT2D eigenvalue weighted by atomic mass is 31.2. The summed E-state index contributed by atoms with van der Waals surface area (Å²) >= 11 is 0. The summed E-state index contributed by atoms with van der Waals surface area (Å²) in [7, 11) is -7.02. The Hall–Kier alpha value is -4.22. The van der Waals surface area contributed by atoms with Gasteiger partial charge in [-0.15, -0.1) is 0 Å². The van der Waals surface area contributed by atoms with Crippen molar-refractivity contribution in [2.75, 3.05) is 0 Å². The van der Waals surface area contributed by atoms with E-state index in [1.54, 1.807) is 0 Å². The third kappa shape index (κ3) is 6.85. The highest BCUT2D eigenvalue weighted by molar-refractivity contribution is 7.86. The minimum Gasteiger partial charge on any atom is -0.309 e. The maximum absolute atomic E-state index is 16.7. The van der Waals surface area contributed by atoms with Gasteiger partial charge in [-0.05, 0) is 166 Å². The van der Waals surface area contributed by atoms with Crippen LogP contribution in [0.3, 0.4) is 0 Å². The summed E-state index contributed by atoms with van der Waals surface area (Å²) in [5, 5.41) is 4.86. The van der Waals surface area contributed by atoms with Crippen molar-refractivity contribution in [3.05, 3.63) is 164 Å². The van der Waals surface area contributed by atoms with Crippen molar-refractivity contribution >= 4 is 46.1 Å². The molecule has 2 nitrogen and oxygen atoms in total. The third-order valence-corrected chi connectivity index (χ3v) is 16.1. The van der Waals surface area contributed by atoms with Gasteiger partial charge in [-0.3, -0.25) is 0 Å². The van der Waals surface area contributed by atoms with E-state index in [9.17, 15) is 0 Å². The molecule has 52 heavy (non-hydrogen) atoms. The molecule has 0 spiro atoms. The van der Waals surface area contributed by atoms with Crippen molar-refractivity contribution in [2.45, 2.75) is 83.1 Å². The summed E-state index contributed by atoms with van der Waals surface area (Å²) in [6.45, 7) is 25.1. The lowest BCUT2D eigenvalue weighted by Gasteiger charge is -2.30. The van der Waals surface area contributed by atoms with E-state index in [4.69, 9.17) is 0 Å². The zero-order valence-electron chi connectivity index (χ0n) is 32.9. The van der Waals surface area contributed by atoms with E-state index in [0.29, 0.717) is 0 Å². The molecule has 266 valence electrons. The molecule has 6 aromatic carbocycles. The van der Waals surface area contributed by atoms with Crippen LogP contribution >= 0.6 is 14.3 Å². The van der Waals surface area contributed by atoms with Crippen LogP contribution in [-0.2, 0) is 9.13 Å². The van der Waals surface area contributed by atoms with Gasteiger partial charge in [-0.1, -0.05) is 92.0 Å². The second-order valence-corrected chi connectivity index (χ2v) is 21.0. The zero-order chi connectivity index (χ0) is 37.9. The Kier molecular flexibility index (Phi) is 10.1. The van der Waals surface area contributed by atoms with Crippen LogP contribution in [0, 0.1) is 83.1 Å². The minimum absolute atomic E-state index is 0.792. The summed E-state index contributed by atoms with van der Waals surface area (Å²) in [5.74, 6) is 0. The molecule has 0 aliphatic rings. The van der Waals surface area contributed by atoms with Gasteiger partial charge in [0, 0.05) is 31.8 Å². The molecule has 0 saturated carbocycles. The number of rotatable bonds is 7. The van der Waals surface area contributed by atoms with E-state index >= 15 is 9.13 Å². The number of benzene rings is 6. The van der Waals surface area contributed by atoms with Crippen LogP contribution in [0.15, 0.2) is 97.1 Å². The van der Waals surface area contributed by atoms with Gasteiger partial charge in [-0.25, -0.2) is 0 Å². The molecule has 6 rings (SSSR count). The first kappa shape index (κ1) is 37.5. The quantitative estimate of drug-likeness (QED) is 0.154. The Morgan fingerprint density at radius 1 is 0.269 bits per heavy atom. The average molecular weight is 723 g/mol. The molecular formula is C48H52O2P2. The minimum atomic E-state index is -3.51. The molecule has 0 radical (unpaired) electrons. The van der Waals surface area contributed by atoms with Gasteiger partial charge >= 0.3 is 0 Å². The third-order valence-electron chi connectivity index (χ3n) is 10.1. The fourth-order valence-corrected chi connectivity index (χ4v) is 15.2. The van der Waals surface area contributed by atoms with Gasteiger partial charge in [0.15, 0.2) is 14.3 Å². The summed E-state index contributed by atoms with van der Waals surface area (Å²) < 4.78 is 33.4. The first-order valence-electron chi connectivity index (χ1n) is 18.2. The molecule has 0 aliphatic heterocycles. The molecule has 0 bridgehead atoms. The summed E-state index contributed by atoms with van der Waals surface area (Å²) in [4.78, 5) is 0. The SMILES string of the molecule is Cc1cc(C)cc(P(=O)(c2cc(C)cc(C)c2)c2cc(C)cc(C)c2-c2c(C)cc(C)cc2P(=O)(c2cc(C)cc(C)c2)c2cc(C)cc(C)c2)c1. The molecule has 0 amide bonds. The maximum atomic E-state index is 16.7. The van der Waals surface area contributed by atoms with Gasteiger partial charge in [0.2, 0.25) is 0 Å². The molecule has 0 atom stereocenters. The van der Waals surface area contributed by atoms with Gasteiger partial charge in [-0.2, -0.15) is 0 Å². The van der Waals surface area contributed by atoms with E-state index in [1.807, 2.05) is 0 Å². The summed E-state index contributed by atoms with van der Waals surface area (Å²) in [6.07, 6.45) is 0. The smallest absolute Gasteiger partial charge is 0.171 e. The van der Waals surface area contributed by atoms with Crippen LogP contribution in [0.2, 0.25) is 0 Å². The lowest BCUT2D eigenvalue weighted by Crippen LogP contribution is -2.31. The van der Waals surface area contributed by atoms with Crippen molar-refractivity contribution in [1.82, 2.24) is 0 Å². The fourth-order valence-electron chi connectivity index (χ4n) is 8.42. The Morgan fingerprint density at radius 3 is 0.673 bits per heavy atom. The van der Waals surface area contributed by atoms with Crippen LogP contribution in [0.4, 0.5) is 0 Å². The Morgan fingerprint density at radius 2 is 0.462 bits per heavy atom. The largest absolute Gasteiger partial charge is 0.309 e. The Bertz CT molecular complexity index is 2130. The van der Waals surface area contributed by atoms with Crippen LogP contribution in [-0.4, -0.2) is 0 Å². The molecular weight excluding hydrogens is 670 g/mol. The first-order valence-corrected chi connectivity index (χ1v) is 21.6. The van der Waals surface area contributed by atoms with E-state index < -0.39 is 14.3 Å². The van der Waals surface area contributed by atoms with E-state index in [-0.39, 0.29) is 0 Å². The average Bonchev–Trinajstić information content (AvgIpc) is 3.02. The molecule has 0 N–H and O–H groups in total. The molecule has 0 heterocycles. The standard InChI is InChI=1S/C48H52O2P2/c1-29-13-30(2)20-41(19-29)51(49,42-21-31(3)14-32(4)22-42)45-27-37(9)17-39(11)47(45)48-40(12)18-38(10)28-46(48)52(50,43-23-33(5)15-34(6)24-43)44-25-35(7)16-36(8)26-44/h13-28H,1-12H3. The Balaban J connectivity index is 1.84. The van der Waals surface area contributed by atoms with E-state index in [1.165, 1.54) is 0 Å². The van der Waals surface area contributed by atoms with E-state index in [2.05, 4.69) is 180 Å². The van der Waals surface area contributed by atoms with Crippen LogP contribution in [0.1, 0.15) is 66.8 Å². The highest BCUT2D eigenvalue weighted by Crippen LogP contribution is 2.51. The van der Waals surface area contributed by atoms with Crippen molar-refractivity contribution < 1.29 is 9.13 Å². The predicted molar refractivity (Wildman–Crippen MR) is 228 cm³/mol. The van der Waals surface area contributed by atoms with Crippen molar-refractivity contribution in [2.24, 2.45) is 0 Å². The molecule has 0 unspecified atom stereocenters. The van der Waals surface area contributed by atoms with Gasteiger partial charge in [0.05, 0.1) is 0 Å². The van der Waals surface area contributed by atoms with Gasteiger partial charge < -0.3 is 9.13 Å². The van der Waals surface area contributed by atoms with Crippen molar-refractivity contribution in [3.63, 3.8) is 0 Å². The summed E-state index contributed by atoms with van der Waals surface area (Å²) in [5.41, 5.74) is 14.6. The van der Waals surface area contributed by atoms with Crippen molar-refractivity contribution in [1.29, 1.82) is 0 Å². The molecule has 0 saturated heterocycles. The van der Waals surface area contributed by atoms with Gasteiger partial charge in [0.1, 0.15) is 0 Å². The molecule has 0 aliphatic carbocycles. The molecule has 0 fully saturated rings. The Labute approximate surface area is 312 Å².